The molecule has 0 atom stereocenters. The topological polar surface area (TPSA) is 17.1 Å². The molecule has 0 aliphatic heterocycles. The highest BCUT2D eigenvalue weighted by Crippen LogP contribution is 2.50. The summed E-state index contributed by atoms with van der Waals surface area (Å²) in [4.78, 5) is 11.2. The Kier molecular flexibility index (Phi) is 2.36. The molecule has 0 aromatic heterocycles. The number of benzene rings is 1. The Morgan fingerprint density at radius 3 is 2.62 bits per heavy atom. The highest BCUT2D eigenvalue weighted by Gasteiger charge is 2.50. The van der Waals surface area contributed by atoms with E-state index in [4.69, 9.17) is 11.6 Å². The van der Waals surface area contributed by atoms with E-state index in [9.17, 15) is 4.79 Å². The molecule has 0 saturated heterocycles. The van der Waals surface area contributed by atoms with E-state index in [1.54, 1.807) is 0 Å². The van der Waals surface area contributed by atoms with Gasteiger partial charge in [-0.25, -0.2) is 0 Å². The van der Waals surface area contributed by atoms with Gasteiger partial charge in [-0.2, -0.15) is 0 Å². The molecule has 1 aromatic rings. The van der Waals surface area contributed by atoms with E-state index in [1.165, 1.54) is 0 Å². The molecule has 1 aromatic carbocycles. The normalized spacial score (nSPS) is 18.3. The largest absolute Gasteiger partial charge is 0.280 e. The second-order valence-electron chi connectivity index (χ2n) is 3.37. The zero-order valence-electron chi connectivity index (χ0n) is 6.89. The zero-order chi connectivity index (χ0) is 9.47. The Morgan fingerprint density at radius 2 is 2.15 bits per heavy atom. The summed E-state index contributed by atoms with van der Waals surface area (Å²) < 4.78 is 1.15. The summed E-state index contributed by atoms with van der Waals surface area (Å²) in [5.74, 6) is 0. The van der Waals surface area contributed by atoms with Gasteiger partial charge in [0.15, 0.2) is 0 Å². The van der Waals surface area contributed by atoms with Crippen molar-refractivity contribution in [2.45, 2.75) is 18.3 Å². The lowest BCUT2D eigenvalue weighted by molar-refractivity contribution is -0.113. The lowest BCUT2D eigenvalue weighted by Gasteiger charge is -2.09. The minimum absolute atomic E-state index is 0.213. The first-order valence-electron chi connectivity index (χ1n) is 4.11. The molecule has 1 aliphatic carbocycles. The maximum atomic E-state index is 11.2. The highest BCUT2D eigenvalue weighted by molar-refractivity contribution is 14.1. The van der Waals surface area contributed by atoms with Gasteiger partial charge in [-0.05, 0) is 64.7 Å². The van der Waals surface area contributed by atoms with Crippen molar-refractivity contribution in [1.29, 1.82) is 0 Å². The minimum Gasteiger partial charge on any atom is -0.280 e. The molecular formula is C10H8ClIO. The van der Waals surface area contributed by atoms with Crippen molar-refractivity contribution in [3.05, 3.63) is 33.4 Å². The van der Waals surface area contributed by atoms with Crippen LogP contribution < -0.4 is 0 Å². The van der Waals surface area contributed by atoms with E-state index in [1.807, 2.05) is 24.3 Å². The summed E-state index contributed by atoms with van der Waals surface area (Å²) in [6.45, 7) is 0. The van der Waals surface area contributed by atoms with Gasteiger partial charge in [0.25, 0.3) is 0 Å². The van der Waals surface area contributed by atoms with Gasteiger partial charge in [0, 0.05) is 3.57 Å². The summed E-state index contributed by atoms with van der Waals surface area (Å²) in [6.07, 6.45) is 1.80. The molecule has 0 N–H and O–H groups in total. The number of hydrogen-bond acceptors (Lipinski definition) is 1. The Balaban J connectivity index is 2.41. The lowest BCUT2D eigenvalue weighted by Crippen LogP contribution is -2.14. The average molecular weight is 307 g/mol. The second kappa shape index (κ2) is 3.24. The van der Waals surface area contributed by atoms with Crippen molar-refractivity contribution >= 4 is 39.4 Å². The molecule has 2 rings (SSSR count). The van der Waals surface area contributed by atoms with Crippen molar-refractivity contribution < 1.29 is 4.79 Å². The molecule has 0 radical (unpaired) electrons. The summed E-state index contributed by atoms with van der Waals surface area (Å²) in [7, 11) is 0. The molecule has 0 spiro atoms. The quantitative estimate of drug-likeness (QED) is 0.606. The van der Waals surface area contributed by atoms with E-state index in [0.29, 0.717) is 0 Å². The van der Waals surface area contributed by atoms with Crippen LogP contribution in [0.25, 0.3) is 0 Å². The van der Waals surface area contributed by atoms with E-state index in [2.05, 4.69) is 22.6 Å². The summed E-state index contributed by atoms with van der Waals surface area (Å²) in [5, 5.41) is -0.213. The standard InChI is InChI=1S/C10H8ClIO/c11-9(13)10(4-5-10)7-2-1-3-8(12)6-7/h1-3,6H,4-5H2. The Labute approximate surface area is 95.6 Å². The van der Waals surface area contributed by atoms with Gasteiger partial charge in [-0.15, -0.1) is 0 Å². The van der Waals surface area contributed by atoms with Crippen LogP contribution >= 0.6 is 34.2 Å². The van der Waals surface area contributed by atoms with E-state index in [-0.39, 0.29) is 10.7 Å². The Bertz CT molecular complexity index is 358. The van der Waals surface area contributed by atoms with Gasteiger partial charge in [0.2, 0.25) is 5.24 Å². The number of carbonyl (C=O) groups is 1. The average Bonchev–Trinajstić information content (AvgIpc) is 2.83. The fourth-order valence-corrected chi connectivity index (χ4v) is 2.35. The van der Waals surface area contributed by atoms with Crippen molar-refractivity contribution in [3.8, 4) is 0 Å². The molecule has 13 heavy (non-hydrogen) atoms. The van der Waals surface area contributed by atoms with Crippen LogP contribution in [0.1, 0.15) is 18.4 Å². The number of hydrogen-bond donors (Lipinski definition) is 0. The zero-order valence-corrected chi connectivity index (χ0v) is 9.80. The molecule has 0 heterocycles. The van der Waals surface area contributed by atoms with Crippen molar-refractivity contribution in [2.24, 2.45) is 0 Å². The molecule has 1 saturated carbocycles. The van der Waals surface area contributed by atoms with Crippen molar-refractivity contribution in [1.82, 2.24) is 0 Å². The molecule has 3 heteroatoms. The number of rotatable bonds is 2. The maximum Gasteiger partial charge on any atom is 0.232 e. The molecular weight excluding hydrogens is 298 g/mol. The second-order valence-corrected chi connectivity index (χ2v) is 4.96. The highest BCUT2D eigenvalue weighted by atomic mass is 127. The molecule has 1 aliphatic rings. The molecule has 1 nitrogen and oxygen atoms in total. The fourth-order valence-electron chi connectivity index (χ4n) is 1.51. The number of carbonyl (C=O) groups excluding carboxylic acids is 1. The predicted molar refractivity (Wildman–Crippen MR) is 60.9 cm³/mol. The van der Waals surface area contributed by atoms with E-state index < -0.39 is 0 Å². The van der Waals surface area contributed by atoms with E-state index in [0.717, 1.165) is 22.0 Å². The van der Waals surface area contributed by atoms with Crippen LogP contribution in [0, 0.1) is 3.57 Å². The van der Waals surface area contributed by atoms with Crippen LogP contribution in [0.4, 0.5) is 0 Å². The van der Waals surface area contributed by atoms with Crippen molar-refractivity contribution in [3.63, 3.8) is 0 Å². The van der Waals surface area contributed by atoms with Crippen LogP contribution in [-0.2, 0) is 10.2 Å². The Morgan fingerprint density at radius 1 is 1.46 bits per heavy atom. The first-order valence-corrected chi connectivity index (χ1v) is 5.57. The smallest absolute Gasteiger partial charge is 0.232 e. The van der Waals surface area contributed by atoms with Crippen LogP contribution in [0.2, 0.25) is 0 Å². The van der Waals surface area contributed by atoms with E-state index >= 15 is 0 Å². The molecule has 68 valence electrons. The van der Waals surface area contributed by atoms with Gasteiger partial charge < -0.3 is 0 Å². The minimum atomic E-state index is -0.345. The van der Waals surface area contributed by atoms with Crippen LogP contribution in [-0.4, -0.2) is 5.24 Å². The van der Waals surface area contributed by atoms with Crippen molar-refractivity contribution in [2.75, 3.05) is 0 Å². The number of halogens is 2. The SMILES string of the molecule is O=C(Cl)C1(c2cccc(I)c2)CC1. The lowest BCUT2D eigenvalue weighted by atomic mass is 9.98. The van der Waals surface area contributed by atoms with Crippen LogP contribution in [0.5, 0.6) is 0 Å². The monoisotopic (exact) mass is 306 g/mol. The fraction of sp³-hybridized carbons (Fsp3) is 0.300. The molecule has 0 amide bonds. The summed E-state index contributed by atoms with van der Waals surface area (Å²) in [5.41, 5.74) is 0.724. The third kappa shape index (κ3) is 1.62. The summed E-state index contributed by atoms with van der Waals surface area (Å²) >= 11 is 7.82. The van der Waals surface area contributed by atoms with Crippen LogP contribution in [0.3, 0.4) is 0 Å². The first-order chi connectivity index (χ1) is 6.15. The maximum absolute atomic E-state index is 11.2. The Hall–Kier alpha value is -0.0900. The summed E-state index contributed by atoms with van der Waals surface area (Å²) in [6, 6.07) is 8.00. The predicted octanol–water partition coefficient (Wildman–Crippen LogP) is 3.09. The molecule has 0 bridgehead atoms. The van der Waals surface area contributed by atoms with Gasteiger partial charge in [0.05, 0.1) is 5.41 Å². The van der Waals surface area contributed by atoms with Gasteiger partial charge >= 0.3 is 0 Å². The van der Waals surface area contributed by atoms with Crippen LogP contribution in [0.15, 0.2) is 24.3 Å². The third-order valence-electron chi connectivity index (χ3n) is 2.50. The van der Waals surface area contributed by atoms with Gasteiger partial charge in [-0.3, -0.25) is 4.79 Å². The first kappa shape index (κ1) is 9.46. The van der Waals surface area contributed by atoms with Gasteiger partial charge in [0.1, 0.15) is 0 Å². The van der Waals surface area contributed by atoms with Gasteiger partial charge in [-0.1, -0.05) is 12.1 Å². The molecule has 1 fully saturated rings. The third-order valence-corrected chi connectivity index (χ3v) is 3.54. The molecule has 0 unspecified atom stereocenters.